The van der Waals surface area contributed by atoms with E-state index in [0.717, 1.165) is 30.3 Å². The Hall–Kier alpha value is -3.74. The van der Waals surface area contributed by atoms with Crippen LogP contribution in [0.4, 0.5) is 24.5 Å². The summed E-state index contributed by atoms with van der Waals surface area (Å²) in [5.41, 5.74) is 3.38. The quantitative estimate of drug-likeness (QED) is 0.0975. The van der Waals surface area contributed by atoms with Crippen molar-refractivity contribution in [3.63, 3.8) is 0 Å². The van der Waals surface area contributed by atoms with Crippen LogP contribution in [0.5, 0.6) is 11.5 Å². The molecule has 0 aliphatic heterocycles. The van der Waals surface area contributed by atoms with Crippen molar-refractivity contribution in [1.82, 2.24) is 0 Å². The van der Waals surface area contributed by atoms with Crippen LogP contribution in [0.2, 0.25) is 15.1 Å². The SMILES string of the molecule is Nc1cc(Cl)cc(C(=O)OCCOC(=O)c2cc(Oc3ccc(C(F)(F)F)cc3Cl)ccc2[N+](=O)[O-])c1Cl. The van der Waals surface area contributed by atoms with Gasteiger partial charge < -0.3 is 19.9 Å². The molecule has 200 valence electrons. The molecule has 3 rings (SSSR count). The van der Waals surface area contributed by atoms with Gasteiger partial charge in [-0.1, -0.05) is 34.8 Å². The largest absolute Gasteiger partial charge is 0.458 e. The summed E-state index contributed by atoms with van der Waals surface area (Å²) in [4.78, 5) is 35.3. The van der Waals surface area contributed by atoms with Gasteiger partial charge >= 0.3 is 18.1 Å². The summed E-state index contributed by atoms with van der Waals surface area (Å²) in [7, 11) is 0. The lowest BCUT2D eigenvalue weighted by Crippen LogP contribution is -2.15. The standard InChI is InChI=1S/C23H14Cl3F3N2O7/c24-12-8-15(20(26)17(30)9-12)22(33)37-6-5-36-21(32)14-10-13(2-3-18(14)31(34)35)38-19-4-1-11(7-16(19)25)23(27,28)29/h1-4,7-10H,5-6,30H2. The van der Waals surface area contributed by atoms with Gasteiger partial charge in [-0.3, -0.25) is 10.1 Å². The van der Waals surface area contributed by atoms with Crippen molar-refractivity contribution in [3.05, 3.63) is 90.4 Å². The molecule has 0 saturated carbocycles. The Balaban J connectivity index is 1.69. The lowest BCUT2D eigenvalue weighted by Gasteiger charge is -2.12. The molecule has 0 spiro atoms. The number of anilines is 1. The Kier molecular flexibility index (Phi) is 8.92. The maximum atomic E-state index is 12.8. The molecule has 0 aromatic heterocycles. The third-order valence-corrected chi connectivity index (χ3v) is 5.64. The second-order valence-electron chi connectivity index (χ2n) is 7.31. The van der Waals surface area contributed by atoms with Crippen molar-refractivity contribution >= 4 is 58.1 Å². The molecule has 3 aromatic rings. The third kappa shape index (κ3) is 6.97. The summed E-state index contributed by atoms with van der Waals surface area (Å²) in [6.45, 7) is -0.941. The summed E-state index contributed by atoms with van der Waals surface area (Å²) in [6, 6.07) is 7.90. The maximum Gasteiger partial charge on any atom is 0.416 e. The Morgan fingerprint density at radius 3 is 2.13 bits per heavy atom. The van der Waals surface area contributed by atoms with E-state index in [4.69, 9.17) is 54.7 Å². The number of nitrogens with zero attached hydrogens (tertiary/aromatic N) is 1. The van der Waals surface area contributed by atoms with Gasteiger partial charge in [-0.15, -0.1) is 0 Å². The fourth-order valence-electron chi connectivity index (χ4n) is 2.97. The summed E-state index contributed by atoms with van der Waals surface area (Å²) in [5.74, 6) is -2.42. The first-order valence-corrected chi connectivity index (χ1v) is 11.3. The average Bonchev–Trinajstić information content (AvgIpc) is 2.84. The van der Waals surface area contributed by atoms with Gasteiger partial charge in [-0.2, -0.15) is 13.2 Å². The number of hydrogen-bond donors (Lipinski definition) is 1. The zero-order valence-corrected chi connectivity index (χ0v) is 21.0. The molecule has 3 aromatic carbocycles. The number of esters is 2. The van der Waals surface area contributed by atoms with Crippen LogP contribution in [0, 0.1) is 10.1 Å². The number of nitro benzene ring substituents is 1. The molecule has 0 fully saturated rings. The summed E-state index contributed by atoms with van der Waals surface area (Å²) in [5, 5.41) is 11.0. The van der Waals surface area contributed by atoms with E-state index >= 15 is 0 Å². The highest BCUT2D eigenvalue weighted by Crippen LogP contribution is 2.37. The normalized spacial score (nSPS) is 11.1. The van der Waals surface area contributed by atoms with Crippen LogP contribution in [-0.2, 0) is 15.7 Å². The van der Waals surface area contributed by atoms with E-state index in [1.54, 1.807) is 0 Å². The number of nitrogen functional groups attached to an aromatic ring is 1. The molecule has 9 nitrogen and oxygen atoms in total. The van der Waals surface area contributed by atoms with E-state index in [9.17, 15) is 32.9 Å². The highest BCUT2D eigenvalue weighted by atomic mass is 35.5. The van der Waals surface area contributed by atoms with Crippen molar-refractivity contribution < 1.29 is 41.9 Å². The summed E-state index contributed by atoms with van der Waals surface area (Å²) < 4.78 is 53.8. The number of ether oxygens (including phenoxy) is 3. The van der Waals surface area contributed by atoms with E-state index in [2.05, 4.69) is 0 Å². The summed E-state index contributed by atoms with van der Waals surface area (Å²) >= 11 is 17.7. The predicted octanol–water partition coefficient (Wildman–Crippen LogP) is 6.96. The minimum Gasteiger partial charge on any atom is -0.458 e. The number of hydrogen-bond acceptors (Lipinski definition) is 8. The molecular formula is C23H14Cl3F3N2O7. The molecule has 0 amide bonds. The van der Waals surface area contributed by atoms with Gasteiger partial charge in [0.15, 0.2) is 0 Å². The topological polar surface area (TPSA) is 131 Å². The molecule has 0 aliphatic rings. The summed E-state index contributed by atoms with van der Waals surface area (Å²) in [6.07, 6.45) is -4.63. The molecule has 2 N–H and O–H groups in total. The zero-order chi connectivity index (χ0) is 28.2. The molecule has 0 radical (unpaired) electrons. The van der Waals surface area contributed by atoms with Crippen LogP contribution in [-0.4, -0.2) is 30.1 Å². The van der Waals surface area contributed by atoms with Crippen molar-refractivity contribution in [1.29, 1.82) is 0 Å². The lowest BCUT2D eigenvalue weighted by molar-refractivity contribution is -0.385. The van der Waals surface area contributed by atoms with Crippen LogP contribution >= 0.6 is 34.8 Å². The fraction of sp³-hybridized carbons (Fsp3) is 0.130. The first kappa shape index (κ1) is 28.8. The third-order valence-electron chi connectivity index (χ3n) is 4.71. The monoisotopic (exact) mass is 592 g/mol. The average molecular weight is 594 g/mol. The molecule has 0 saturated heterocycles. The van der Waals surface area contributed by atoms with E-state index < -0.39 is 53.1 Å². The lowest BCUT2D eigenvalue weighted by atomic mass is 10.1. The minimum atomic E-state index is -4.63. The van der Waals surface area contributed by atoms with Crippen molar-refractivity contribution in [3.8, 4) is 11.5 Å². The second-order valence-corrected chi connectivity index (χ2v) is 8.53. The minimum absolute atomic E-state index is 0.0459. The van der Waals surface area contributed by atoms with Gasteiger partial charge in [0.05, 0.1) is 31.8 Å². The number of halogens is 6. The van der Waals surface area contributed by atoms with Crippen molar-refractivity contribution in [2.45, 2.75) is 6.18 Å². The number of carbonyl (C=O) groups is 2. The second kappa shape index (κ2) is 11.8. The van der Waals surface area contributed by atoms with Gasteiger partial charge in [-0.05, 0) is 36.4 Å². The van der Waals surface area contributed by atoms with Crippen LogP contribution in [0.1, 0.15) is 26.3 Å². The first-order chi connectivity index (χ1) is 17.8. The van der Waals surface area contributed by atoms with Crippen LogP contribution in [0.3, 0.4) is 0 Å². The number of rotatable bonds is 8. The zero-order valence-electron chi connectivity index (χ0n) is 18.7. The van der Waals surface area contributed by atoms with Gasteiger partial charge in [0.1, 0.15) is 30.3 Å². The Bertz CT molecular complexity index is 1420. The van der Waals surface area contributed by atoms with Gasteiger partial charge in [0.2, 0.25) is 0 Å². The van der Waals surface area contributed by atoms with Crippen LogP contribution < -0.4 is 10.5 Å². The molecule has 0 atom stereocenters. The van der Waals surface area contributed by atoms with E-state index in [-0.39, 0.29) is 37.8 Å². The number of alkyl halides is 3. The molecule has 38 heavy (non-hydrogen) atoms. The smallest absolute Gasteiger partial charge is 0.416 e. The van der Waals surface area contributed by atoms with Gasteiger partial charge in [0.25, 0.3) is 5.69 Å². The molecule has 0 heterocycles. The van der Waals surface area contributed by atoms with Crippen molar-refractivity contribution in [2.75, 3.05) is 18.9 Å². The maximum absolute atomic E-state index is 12.8. The van der Waals surface area contributed by atoms with E-state index in [1.807, 2.05) is 0 Å². The highest BCUT2D eigenvalue weighted by molar-refractivity contribution is 6.38. The number of nitro groups is 1. The molecule has 0 unspecified atom stereocenters. The fourth-order valence-corrected chi connectivity index (χ4v) is 3.60. The molecule has 0 aliphatic carbocycles. The van der Waals surface area contributed by atoms with Gasteiger partial charge in [-0.25, -0.2) is 9.59 Å². The van der Waals surface area contributed by atoms with E-state index in [1.165, 1.54) is 12.1 Å². The van der Waals surface area contributed by atoms with Crippen LogP contribution in [0.15, 0.2) is 48.5 Å². The van der Waals surface area contributed by atoms with Crippen LogP contribution in [0.25, 0.3) is 0 Å². The molecule has 0 bridgehead atoms. The Morgan fingerprint density at radius 2 is 1.55 bits per heavy atom. The Labute approximate surface area is 226 Å². The van der Waals surface area contributed by atoms with Gasteiger partial charge in [0, 0.05) is 17.2 Å². The predicted molar refractivity (Wildman–Crippen MR) is 131 cm³/mol. The molecular weight excluding hydrogens is 580 g/mol. The number of benzene rings is 3. The Morgan fingerprint density at radius 1 is 0.921 bits per heavy atom. The highest BCUT2D eigenvalue weighted by Gasteiger charge is 2.31. The van der Waals surface area contributed by atoms with E-state index in [0.29, 0.717) is 6.07 Å². The molecule has 15 heteroatoms. The first-order valence-electron chi connectivity index (χ1n) is 10.2. The van der Waals surface area contributed by atoms with Crippen molar-refractivity contribution in [2.24, 2.45) is 0 Å². The number of carbonyl (C=O) groups excluding carboxylic acids is 2. The number of nitrogens with two attached hydrogens (primary N) is 1.